The Morgan fingerprint density at radius 1 is 1.20 bits per heavy atom. The first-order valence-corrected chi connectivity index (χ1v) is 14.0. The summed E-state index contributed by atoms with van der Waals surface area (Å²) in [4.78, 5) is 45.0. The molecule has 2 aliphatic rings. The number of hydroxylamine groups is 3. The van der Waals surface area contributed by atoms with Crippen molar-refractivity contribution in [2.24, 2.45) is 0 Å². The summed E-state index contributed by atoms with van der Waals surface area (Å²) in [5, 5.41) is 16.2. The van der Waals surface area contributed by atoms with E-state index in [1.807, 2.05) is 0 Å². The van der Waals surface area contributed by atoms with Crippen molar-refractivity contribution in [3.05, 3.63) is 86.5 Å². The van der Waals surface area contributed by atoms with E-state index in [1.165, 1.54) is 35.6 Å². The van der Waals surface area contributed by atoms with Crippen molar-refractivity contribution in [3.8, 4) is 6.07 Å². The van der Waals surface area contributed by atoms with Crippen molar-refractivity contribution in [1.82, 2.24) is 14.8 Å². The summed E-state index contributed by atoms with van der Waals surface area (Å²) >= 11 is 0. The van der Waals surface area contributed by atoms with Gasteiger partial charge in [-0.05, 0) is 54.8 Å². The Kier molecular flexibility index (Phi) is 8.33. The SMILES string of the molecule is COC(=O)C1=C(C)N(c2cccc(C(F)(F)F)c2)c2n[nH]c(=O)n2[C@@H]1c1ccc(C#N)cc1CC[N+]1(OC=O)CCCCC1. The molecule has 0 bridgehead atoms. The van der Waals surface area contributed by atoms with E-state index in [0.717, 1.165) is 31.4 Å². The van der Waals surface area contributed by atoms with Crippen LogP contribution in [0.4, 0.5) is 24.8 Å². The maximum absolute atomic E-state index is 13.6. The van der Waals surface area contributed by atoms with Crippen LogP contribution < -0.4 is 10.6 Å². The van der Waals surface area contributed by atoms with Crippen molar-refractivity contribution in [2.45, 2.75) is 44.8 Å². The number of hydrogen-bond donors (Lipinski definition) is 1. The summed E-state index contributed by atoms with van der Waals surface area (Å²) < 4.78 is 47.3. The van der Waals surface area contributed by atoms with Crippen LogP contribution in [0, 0.1) is 11.3 Å². The molecule has 230 valence electrons. The standard InChI is InChI=1S/C30H29F3N6O5/c1-19-25(27(41)43-2)26(38-28(35-36-29(38)42)37(19)23-8-6-7-22(16-23)30(31,32)33)24-10-9-20(17-34)15-21(24)11-14-39(44-18-40)12-4-3-5-13-39/h6-10,15-16,18,26H,3-5,11-14H2,1-2H3/p+1/t26-/m1/s1. The maximum atomic E-state index is 13.6. The van der Waals surface area contributed by atoms with E-state index >= 15 is 0 Å². The van der Waals surface area contributed by atoms with Gasteiger partial charge < -0.3 is 4.74 Å². The number of carbonyl (C=O) groups is 2. The van der Waals surface area contributed by atoms with Gasteiger partial charge in [0.25, 0.3) is 0 Å². The lowest BCUT2D eigenvalue weighted by molar-refractivity contribution is -1.09. The number of nitrogens with zero attached hydrogens (tertiary/aromatic N) is 5. The van der Waals surface area contributed by atoms with E-state index in [9.17, 15) is 32.8 Å². The van der Waals surface area contributed by atoms with Crippen LogP contribution in [0.15, 0.2) is 58.5 Å². The molecule has 0 saturated carbocycles. The molecule has 0 aliphatic carbocycles. The van der Waals surface area contributed by atoms with E-state index in [0.29, 0.717) is 49.2 Å². The third kappa shape index (κ3) is 5.58. The largest absolute Gasteiger partial charge is 0.466 e. The van der Waals surface area contributed by atoms with Gasteiger partial charge in [-0.2, -0.15) is 18.4 Å². The summed E-state index contributed by atoms with van der Waals surface area (Å²) in [6, 6.07) is 10.3. The Labute approximate surface area is 250 Å². The quantitative estimate of drug-likeness (QED) is 0.227. The van der Waals surface area contributed by atoms with Gasteiger partial charge in [-0.3, -0.25) is 9.74 Å². The highest BCUT2D eigenvalue weighted by Crippen LogP contribution is 2.43. The number of methoxy groups -OCH3 is 1. The van der Waals surface area contributed by atoms with E-state index in [-0.39, 0.29) is 27.6 Å². The van der Waals surface area contributed by atoms with Crippen molar-refractivity contribution in [2.75, 3.05) is 31.6 Å². The molecule has 1 N–H and O–H groups in total. The number of allylic oxidation sites excluding steroid dienone is 1. The average Bonchev–Trinajstić information content (AvgIpc) is 3.39. The molecule has 0 spiro atoms. The van der Waals surface area contributed by atoms with Crippen molar-refractivity contribution < 1.29 is 37.0 Å². The number of halogens is 3. The van der Waals surface area contributed by atoms with Crippen LogP contribution in [0.25, 0.3) is 0 Å². The van der Waals surface area contributed by atoms with E-state index < -0.39 is 29.4 Å². The van der Waals surface area contributed by atoms with Gasteiger partial charge in [0.1, 0.15) is 25.7 Å². The Balaban J connectivity index is 1.68. The minimum Gasteiger partial charge on any atom is -0.466 e. The van der Waals surface area contributed by atoms with Gasteiger partial charge >= 0.3 is 24.3 Å². The first-order chi connectivity index (χ1) is 21.0. The Morgan fingerprint density at radius 3 is 2.61 bits per heavy atom. The predicted octanol–water partition coefficient (Wildman–Crippen LogP) is 4.28. The fourth-order valence-electron chi connectivity index (χ4n) is 6.12. The number of ether oxygens (including phenoxy) is 1. The molecule has 1 saturated heterocycles. The topological polar surface area (TPSA) is 130 Å². The molecule has 1 aromatic heterocycles. The molecule has 1 atom stereocenters. The highest BCUT2D eigenvalue weighted by molar-refractivity contribution is 5.93. The zero-order chi connectivity index (χ0) is 31.6. The van der Waals surface area contributed by atoms with Crippen LogP contribution in [0.3, 0.4) is 0 Å². The highest BCUT2D eigenvalue weighted by Gasteiger charge is 2.41. The molecule has 3 aromatic rings. The van der Waals surface area contributed by atoms with Gasteiger partial charge in [-0.1, -0.05) is 12.1 Å². The lowest BCUT2D eigenvalue weighted by atomic mass is 9.89. The molecule has 0 amide bonds. The summed E-state index contributed by atoms with van der Waals surface area (Å²) in [7, 11) is 1.17. The monoisotopic (exact) mass is 611 g/mol. The predicted molar refractivity (Wildman–Crippen MR) is 150 cm³/mol. The molecular formula is C30H30F3N6O5+. The first kappa shape index (κ1) is 30.6. The number of nitriles is 1. The molecular weight excluding hydrogens is 581 g/mol. The number of likely N-dealkylation sites (tertiary alicyclic amines) is 1. The Morgan fingerprint density at radius 2 is 1.95 bits per heavy atom. The molecule has 2 aliphatic heterocycles. The third-order valence-corrected chi connectivity index (χ3v) is 8.23. The second-order valence-corrected chi connectivity index (χ2v) is 10.7. The molecule has 14 heteroatoms. The van der Waals surface area contributed by atoms with E-state index in [4.69, 9.17) is 9.57 Å². The lowest BCUT2D eigenvalue weighted by Gasteiger charge is -2.37. The number of rotatable bonds is 8. The van der Waals surface area contributed by atoms with Crippen LogP contribution in [0.1, 0.15) is 54.5 Å². The van der Waals surface area contributed by atoms with Gasteiger partial charge in [0.2, 0.25) is 5.95 Å². The van der Waals surface area contributed by atoms with Crippen molar-refractivity contribution >= 4 is 24.1 Å². The molecule has 11 nitrogen and oxygen atoms in total. The second-order valence-electron chi connectivity index (χ2n) is 10.7. The van der Waals surface area contributed by atoms with E-state index in [1.54, 1.807) is 18.2 Å². The number of piperidine rings is 1. The number of aromatic nitrogens is 3. The molecule has 44 heavy (non-hydrogen) atoms. The number of benzene rings is 2. The van der Waals surface area contributed by atoms with E-state index in [2.05, 4.69) is 16.3 Å². The van der Waals surface area contributed by atoms with Gasteiger partial charge in [0, 0.05) is 30.6 Å². The molecule has 0 unspecified atom stereocenters. The number of anilines is 2. The summed E-state index contributed by atoms with van der Waals surface area (Å²) in [5.74, 6) is -0.842. The van der Waals surface area contributed by atoms with Crippen LogP contribution in [0.5, 0.6) is 0 Å². The van der Waals surface area contributed by atoms with Gasteiger partial charge in [0.05, 0.1) is 29.9 Å². The summed E-state index contributed by atoms with van der Waals surface area (Å²) in [6.45, 7) is 3.60. The normalized spacial score (nSPS) is 17.9. The average molecular weight is 612 g/mol. The van der Waals surface area contributed by atoms with Gasteiger partial charge in [0.15, 0.2) is 0 Å². The van der Waals surface area contributed by atoms with Crippen molar-refractivity contribution in [3.63, 3.8) is 0 Å². The molecule has 1 fully saturated rings. The Bertz CT molecular complexity index is 1710. The number of quaternary nitrogens is 1. The minimum atomic E-state index is -4.64. The zero-order valence-electron chi connectivity index (χ0n) is 24.1. The number of nitrogens with one attached hydrogen (secondary N) is 1. The van der Waals surface area contributed by atoms with Crippen molar-refractivity contribution in [1.29, 1.82) is 5.26 Å². The van der Waals surface area contributed by atoms with Gasteiger partial charge in [-0.25, -0.2) is 24.0 Å². The Hall–Kier alpha value is -4.90. The highest BCUT2D eigenvalue weighted by atomic mass is 19.4. The van der Waals surface area contributed by atoms with Crippen LogP contribution in [-0.2, 0) is 31.8 Å². The number of fused-ring (bicyclic) bond motifs is 1. The second kappa shape index (κ2) is 12.0. The first-order valence-electron chi connectivity index (χ1n) is 14.0. The number of alkyl halides is 3. The van der Waals surface area contributed by atoms with Gasteiger partial charge in [-0.15, -0.1) is 9.75 Å². The molecule has 0 radical (unpaired) electrons. The molecule has 5 rings (SSSR count). The lowest BCUT2D eigenvalue weighted by Crippen LogP contribution is -2.52. The summed E-state index contributed by atoms with van der Waals surface area (Å²) in [6.07, 6.45) is -1.56. The fraction of sp³-hybridized carbons (Fsp3) is 0.367. The smallest absolute Gasteiger partial charge is 0.416 e. The molecule has 3 heterocycles. The number of H-pyrrole nitrogens is 1. The summed E-state index contributed by atoms with van der Waals surface area (Å²) in [5.41, 5.74) is 0.0352. The molecule has 2 aromatic carbocycles. The zero-order valence-corrected chi connectivity index (χ0v) is 24.1. The van der Waals surface area contributed by atoms with Crippen LogP contribution in [-0.4, -0.2) is 58.6 Å². The third-order valence-electron chi connectivity index (χ3n) is 8.23. The minimum absolute atomic E-state index is 0.00196. The van der Waals surface area contributed by atoms with Crippen LogP contribution in [0.2, 0.25) is 0 Å². The number of aromatic amines is 1. The number of esters is 1. The maximum Gasteiger partial charge on any atom is 0.416 e. The van der Waals surface area contributed by atoms with Crippen LogP contribution >= 0.6 is 0 Å². The fourth-order valence-corrected chi connectivity index (χ4v) is 6.12. The number of hydrogen-bond acceptors (Lipinski definition) is 8. The number of carbonyl (C=O) groups excluding carboxylic acids is 2.